The smallest absolute Gasteiger partial charge is 0.0650 e. The van der Waals surface area contributed by atoms with E-state index < -0.39 is 0 Å². The van der Waals surface area contributed by atoms with E-state index in [0.717, 1.165) is 42.9 Å². The first-order chi connectivity index (χ1) is 13.4. The van der Waals surface area contributed by atoms with E-state index >= 15 is 0 Å². The Morgan fingerprint density at radius 2 is 1.64 bits per heavy atom. The number of methoxy groups -OCH3 is 1. The van der Waals surface area contributed by atoms with Gasteiger partial charge in [0.25, 0.3) is 0 Å². The number of aliphatic hydroxyl groups is 1. The van der Waals surface area contributed by atoms with Gasteiger partial charge < -0.3 is 9.84 Å². The normalized spacial score (nSPS) is 50.7. The molecule has 162 valence electrons. The minimum atomic E-state index is -0.359. The highest BCUT2D eigenvalue weighted by molar-refractivity contribution is 5.10. The van der Waals surface area contributed by atoms with Crippen molar-refractivity contribution in [2.45, 2.75) is 122 Å². The largest absolute Gasteiger partial charge is 0.390 e. The minimum absolute atomic E-state index is 0.359. The molecule has 0 amide bonds. The fourth-order valence-corrected chi connectivity index (χ4v) is 8.77. The number of hydrogen-bond donors (Lipinski definition) is 1. The van der Waals surface area contributed by atoms with Gasteiger partial charge in [-0.05, 0) is 98.7 Å². The van der Waals surface area contributed by atoms with Gasteiger partial charge in [-0.15, -0.1) is 0 Å². The SMILES string of the molecule is CCCCCC[C@@]1(O)CC[C@@]2(C)[C@H](CC[C@@H]3[C@@H]2CC[C@]2(C)[C@@H](OC)CC[C@@H]32)C1. The number of rotatable bonds is 6. The Morgan fingerprint density at radius 3 is 2.39 bits per heavy atom. The zero-order valence-corrected chi connectivity index (χ0v) is 19.1. The first-order valence-electron chi connectivity index (χ1n) is 12.6. The van der Waals surface area contributed by atoms with Crippen LogP contribution in [0, 0.1) is 34.5 Å². The van der Waals surface area contributed by atoms with Crippen molar-refractivity contribution in [3.05, 3.63) is 0 Å². The van der Waals surface area contributed by atoms with E-state index in [9.17, 15) is 5.11 Å². The van der Waals surface area contributed by atoms with Crippen LogP contribution in [0.2, 0.25) is 0 Å². The number of hydrogen-bond acceptors (Lipinski definition) is 2. The summed E-state index contributed by atoms with van der Waals surface area (Å²) in [6, 6.07) is 0. The summed E-state index contributed by atoms with van der Waals surface area (Å²) in [6.07, 6.45) is 18.3. The standard InChI is InChI=1S/C26H46O2/c1-5-6-7-8-14-26(27)17-16-24(2)19(18-26)9-10-20-21-11-12-23(28-4)25(21,3)15-13-22(20)24/h19-23,27H,5-18H2,1-4H3/t19-,20+,21+,22+,23+,24+,25+,26-/m1/s1. The molecule has 4 aliphatic carbocycles. The second-order valence-electron chi connectivity index (χ2n) is 11.7. The molecule has 0 saturated heterocycles. The third kappa shape index (κ3) is 3.39. The van der Waals surface area contributed by atoms with Crippen LogP contribution in [0.4, 0.5) is 0 Å². The highest BCUT2D eigenvalue weighted by atomic mass is 16.5. The van der Waals surface area contributed by atoms with Crippen LogP contribution in [0.1, 0.15) is 111 Å². The van der Waals surface area contributed by atoms with E-state index in [1.54, 1.807) is 0 Å². The van der Waals surface area contributed by atoms with Gasteiger partial charge in [0.2, 0.25) is 0 Å². The Hall–Kier alpha value is -0.0800. The van der Waals surface area contributed by atoms with Crippen LogP contribution in [-0.4, -0.2) is 23.9 Å². The lowest BCUT2D eigenvalue weighted by Crippen LogP contribution is -2.56. The van der Waals surface area contributed by atoms with Crippen molar-refractivity contribution in [2.75, 3.05) is 7.11 Å². The van der Waals surface area contributed by atoms with Crippen LogP contribution in [-0.2, 0) is 4.74 Å². The fourth-order valence-electron chi connectivity index (χ4n) is 8.77. The zero-order chi connectivity index (χ0) is 20.0. The predicted molar refractivity (Wildman–Crippen MR) is 116 cm³/mol. The van der Waals surface area contributed by atoms with Crippen LogP contribution >= 0.6 is 0 Å². The third-order valence-electron chi connectivity index (χ3n) is 10.5. The van der Waals surface area contributed by atoms with Gasteiger partial charge >= 0.3 is 0 Å². The molecule has 0 unspecified atom stereocenters. The quantitative estimate of drug-likeness (QED) is 0.508. The van der Waals surface area contributed by atoms with E-state index in [-0.39, 0.29) is 5.60 Å². The van der Waals surface area contributed by atoms with Crippen LogP contribution in [0.5, 0.6) is 0 Å². The number of unbranched alkanes of at least 4 members (excludes halogenated alkanes) is 3. The Labute approximate surface area is 174 Å². The van der Waals surface area contributed by atoms with E-state index in [1.807, 2.05) is 7.11 Å². The van der Waals surface area contributed by atoms with Gasteiger partial charge in [-0.3, -0.25) is 0 Å². The summed E-state index contributed by atoms with van der Waals surface area (Å²) in [6.45, 7) is 7.43. The lowest BCUT2D eigenvalue weighted by Gasteiger charge is -2.62. The first kappa shape index (κ1) is 21.2. The maximum atomic E-state index is 11.4. The molecule has 0 bridgehead atoms. The van der Waals surface area contributed by atoms with E-state index in [1.165, 1.54) is 70.6 Å². The third-order valence-corrected chi connectivity index (χ3v) is 10.5. The second-order valence-corrected chi connectivity index (χ2v) is 11.7. The summed E-state index contributed by atoms with van der Waals surface area (Å²) in [4.78, 5) is 0. The van der Waals surface area contributed by atoms with Crippen molar-refractivity contribution in [3.8, 4) is 0 Å². The van der Waals surface area contributed by atoms with Gasteiger partial charge in [0, 0.05) is 7.11 Å². The molecule has 4 rings (SSSR count). The van der Waals surface area contributed by atoms with E-state index in [0.29, 0.717) is 16.9 Å². The molecule has 0 aromatic heterocycles. The molecular formula is C26H46O2. The van der Waals surface area contributed by atoms with Gasteiger partial charge in [-0.2, -0.15) is 0 Å². The van der Waals surface area contributed by atoms with Crippen LogP contribution in [0.25, 0.3) is 0 Å². The molecule has 4 fully saturated rings. The van der Waals surface area contributed by atoms with Crippen molar-refractivity contribution in [1.29, 1.82) is 0 Å². The lowest BCUT2D eigenvalue weighted by molar-refractivity contribution is -0.158. The van der Waals surface area contributed by atoms with Crippen molar-refractivity contribution in [1.82, 2.24) is 0 Å². The van der Waals surface area contributed by atoms with Crippen molar-refractivity contribution in [2.24, 2.45) is 34.5 Å². The highest BCUT2D eigenvalue weighted by Gasteiger charge is 2.61. The number of fused-ring (bicyclic) bond motifs is 5. The summed E-state index contributed by atoms with van der Waals surface area (Å²) < 4.78 is 5.94. The van der Waals surface area contributed by atoms with Crippen molar-refractivity contribution >= 4 is 0 Å². The highest BCUT2D eigenvalue weighted by Crippen LogP contribution is 2.67. The summed E-state index contributed by atoms with van der Waals surface area (Å²) in [5, 5.41) is 11.4. The molecule has 2 heteroatoms. The molecule has 1 N–H and O–H groups in total. The monoisotopic (exact) mass is 390 g/mol. The molecule has 0 radical (unpaired) electrons. The molecule has 2 nitrogen and oxygen atoms in total. The van der Waals surface area contributed by atoms with Gasteiger partial charge in [0.15, 0.2) is 0 Å². The Bertz CT molecular complexity index is 547. The molecule has 0 aliphatic heterocycles. The molecule has 0 heterocycles. The van der Waals surface area contributed by atoms with E-state index in [4.69, 9.17) is 4.74 Å². The summed E-state index contributed by atoms with van der Waals surface area (Å²) >= 11 is 0. The zero-order valence-electron chi connectivity index (χ0n) is 19.1. The molecule has 0 spiro atoms. The average Bonchev–Trinajstić information content (AvgIpc) is 3.02. The molecular weight excluding hydrogens is 344 g/mol. The Balaban J connectivity index is 1.45. The summed E-state index contributed by atoms with van der Waals surface area (Å²) in [7, 11) is 1.94. The molecule has 4 saturated carbocycles. The van der Waals surface area contributed by atoms with Gasteiger partial charge in [-0.25, -0.2) is 0 Å². The van der Waals surface area contributed by atoms with Gasteiger partial charge in [0.05, 0.1) is 11.7 Å². The molecule has 0 aromatic rings. The second kappa shape index (κ2) is 7.88. The van der Waals surface area contributed by atoms with E-state index in [2.05, 4.69) is 20.8 Å². The van der Waals surface area contributed by atoms with Crippen molar-refractivity contribution < 1.29 is 9.84 Å². The maximum Gasteiger partial charge on any atom is 0.0650 e. The Kier molecular flexibility index (Phi) is 5.95. The van der Waals surface area contributed by atoms with Crippen molar-refractivity contribution in [3.63, 3.8) is 0 Å². The maximum absolute atomic E-state index is 11.4. The average molecular weight is 391 g/mol. The molecule has 0 aromatic carbocycles. The number of ether oxygens (including phenoxy) is 1. The first-order valence-corrected chi connectivity index (χ1v) is 12.6. The summed E-state index contributed by atoms with van der Waals surface area (Å²) in [5.41, 5.74) is 0.543. The lowest BCUT2D eigenvalue weighted by atomic mass is 9.44. The topological polar surface area (TPSA) is 29.5 Å². The molecule has 28 heavy (non-hydrogen) atoms. The predicted octanol–water partition coefficient (Wildman–Crippen LogP) is 6.75. The minimum Gasteiger partial charge on any atom is -0.390 e. The van der Waals surface area contributed by atoms with Crippen LogP contribution < -0.4 is 0 Å². The van der Waals surface area contributed by atoms with Crippen LogP contribution in [0.15, 0.2) is 0 Å². The molecule has 4 aliphatic rings. The summed E-state index contributed by atoms with van der Waals surface area (Å²) in [5.74, 6) is 3.44. The Morgan fingerprint density at radius 1 is 0.857 bits per heavy atom. The van der Waals surface area contributed by atoms with Gasteiger partial charge in [-0.1, -0.05) is 46.5 Å². The fraction of sp³-hybridized carbons (Fsp3) is 1.00. The van der Waals surface area contributed by atoms with Gasteiger partial charge in [0.1, 0.15) is 0 Å². The van der Waals surface area contributed by atoms with Crippen LogP contribution in [0.3, 0.4) is 0 Å². The molecule has 8 atom stereocenters.